The molecule has 4 saturated carbocycles. The molecule has 19 heavy (non-hydrogen) atoms. The minimum absolute atomic E-state index is 0.0325. The molecule has 4 bridgehead atoms. The third kappa shape index (κ3) is 2.75. The van der Waals surface area contributed by atoms with E-state index >= 15 is 0 Å². The highest BCUT2D eigenvalue weighted by molar-refractivity contribution is 5.74. The average Bonchev–Trinajstić information content (AvgIpc) is 2.35. The van der Waals surface area contributed by atoms with Crippen molar-refractivity contribution in [2.45, 2.75) is 64.8 Å². The zero-order valence-electron chi connectivity index (χ0n) is 12.4. The Morgan fingerprint density at radius 1 is 1.16 bits per heavy atom. The summed E-state index contributed by atoms with van der Waals surface area (Å²) in [6.07, 6.45) is 9.49. The summed E-state index contributed by atoms with van der Waals surface area (Å²) < 4.78 is 0. The first-order valence-corrected chi connectivity index (χ1v) is 8.13. The standard InChI is InChI=1S/C16H28N2O/c1-3-11(2)18-15(19)17-10-16-7-12-4-13(8-16)6-14(5-12)9-16/h11-14H,3-10H2,1-2H3,(H2,17,18,19)/t11-,12?,13?,14?,16?/m1/s1. The van der Waals surface area contributed by atoms with E-state index in [0.717, 1.165) is 30.7 Å². The van der Waals surface area contributed by atoms with Crippen LogP contribution in [0, 0.1) is 23.2 Å². The van der Waals surface area contributed by atoms with Crippen LogP contribution in [-0.2, 0) is 0 Å². The fraction of sp³-hybridized carbons (Fsp3) is 0.938. The molecule has 0 aromatic rings. The van der Waals surface area contributed by atoms with Crippen molar-refractivity contribution in [2.24, 2.45) is 23.2 Å². The first-order valence-electron chi connectivity index (χ1n) is 8.13. The lowest BCUT2D eigenvalue weighted by Gasteiger charge is -2.56. The van der Waals surface area contributed by atoms with Crippen LogP contribution in [0.1, 0.15) is 58.8 Å². The lowest BCUT2D eigenvalue weighted by molar-refractivity contribution is -0.0498. The Bertz CT molecular complexity index is 317. The monoisotopic (exact) mass is 264 g/mol. The Kier molecular flexibility index (Phi) is 3.48. The molecule has 0 saturated heterocycles. The third-order valence-electron chi connectivity index (χ3n) is 5.78. The zero-order valence-corrected chi connectivity index (χ0v) is 12.4. The Hall–Kier alpha value is -0.730. The molecule has 0 aromatic carbocycles. The normalized spacial score (nSPS) is 41.1. The van der Waals surface area contributed by atoms with Crippen molar-refractivity contribution in [2.75, 3.05) is 6.54 Å². The Morgan fingerprint density at radius 2 is 1.68 bits per heavy atom. The van der Waals surface area contributed by atoms with E-state index < -0.39 is 0 Å². The van der Waals surface area contributed by atoms with Gasteiger partial charge in [-0.25, -0.2) is 4.79 Å². The van der Waals surface area contributed by atoms with Crippen molar-refractivity contribution >= 4 is 6.03 Å². The molecule has 4 rings (SSSR count). The van der Waals surface area contributed by atoms with Gasteiger partial charge < -0.3 is 10.6 Å². The van der Waals surface area contributed by atoms with Gasteiger partial charge in [0.25, 0.3) is 0 Å². The van der Waals surface area contributed by atoms with Gasteiger partial charge in [0.1, 0.15) is 0 Å². The number of hydrogen-bond acceptors (Lipinski definition) is 1. The highest BCUT2D eigenvalue weighted by Crippen LogP contribution is 2.59. The topological polar surface area (TPSA) is 41.1 Å². The van der Waals surface area contributed by atoms with Crippen molar-refractivity contribution in [1.82, 2.24) is 10.6 Å². The highest BCUT2D eigenvalue weighted by Gasteiger charge is 2.50. The predicted octanol–water partition coefficient (Wildman–Crippen LogP) is 3.30. The summed E-state index contributed by atoms with van der Waals surface area (Å²) in [6.45, 7) is 5.06. The number of amides is 2. The molecule has 3 nitrogen and oxygen atoms in total. The van der Waals surface area contributed by atoms with E-state index in [0.29, 0.717) is 5.41 Å². The fourth-order valence-corrected chi connectivity index (χ4v) is 5.15. The van der Waals surface area contributed by atoms with Gasteiger partial charge in [0.2, 0.25) is 0 Å². The minimum Gasteiger partial charge on any atom is -0.338 e. The molecule has 3 heteroatoms. The number of rotatable bonds is 4. The van der Waals surface area contributed by atoms with Crippen LogP contribution in [-0.4, -0.2) is 18.6 Å². The largest absolute Gasteiger partial charge is 0.338 e. The van der Waals surface area contributed by atoms with Gasteiger partial charge in [0.05, 0.1) is 0 Å². The fourth-order valence-electron chi connectivity index (χ4n) is 5.15. The van der Waals surface area contributed by atoms with E-state index in [2.05, 4.69) is 24.5 Å². The van der Waals surface area contributed by atoms with Crippen LogP contribution in [0.15, 0.2) is 0 Å². The summed E-state index contributed by atoms with van der Waals surface area (Å²) in [5.74, 6) is 2.89. The molecule has 2 N–H and O–H groups in total. The number of nitrogens with one attached hydrogen (secondary N) is 2. The molecule has 2 amide bonds. The average molecular weight is 264 g/mol. The maximum atomic E-state index is 11.9. The Balaban J connectivity index is 1.54. The summed E-state index contributed by atoms with van der Waals surface area (Å²) in [5, 5.41) is 6.17. The molecule has 4 aliphatic carbocycles. The van der Waals surface area contributed by atoms with E-state index in [1.54, 1.807) is 0 Å². The molecule has 0 radical (unpaired) electrons. The first kappa shape index (κ1) is 13.3. The molecule has 108 valence electrons. The van der Waals surface area contributed by atoms with Crippen LogP contribution < -0.4 is 10.6 Å². The van der Waals surface area contributed by atoms with Gasteiger partial charge in [-0.1, -0.05) is 6.92 Å². The van der Waals surface area contributed by atoms with Gasteiger partial charge in [-0.05, 0) is 75.0 Å². The maximum Gasteiger partial charge on any atom is 0.315 e. The summed E-state index contributed by atoms with van der Waals surface area (Å²) in [4.78, 5) is 11.9. The van der Waals surface area contributed by atoms with Gasteiger partial charge >= 0.3 is 6.03 Å². The SMILES string of the molecule is CC[C@@H](C)NC(=O)NCC12CC3CC(CC(C3)C1)C2. The van der Waals surface area contributed by atoms with E-state index in [4.69, 9.17) is 0 Å². The third-order valence-corrected chi connectivity index (χ3v) is 5.78. The van der Waals surface area contributed by atoms with Gasteiger partial charge in [-0.3, -0.25) is 0 Å². The summed E-state index contributed by atoms with van der Waals surface area (Å²) in [7, 11) is 0. The maximum absolute atomic E-state index is 11.9. The molecule has 4 aliphatic rings. The van der Waals surface area contributed by atoms with Crippen molar-refractivity contribution in [3.8, 4) is 0 Å². The van der Waals surface area contributed by atoms with Gasteiger partial charge in [-0.15, -0.1) is 0 Å². The Morgan fingerprint density at radius 3 is 2.16 bits per heavy atom. The summed E-state index contributed by atoms with van der Waals surface area (Å²) in [5.41, 5.74) is 0.446. The van der Waals surface area contributed by atoms with E-state index in [9.17, 15) is 4.79 Å². The summed E-state index contributed by atoms with van der Waals surface area (Å²) >= 11 is 0. The minimum atomic E-state index is 0.0325. The van der Waals surface area contributed by atoms with Crippen molar-refractivity contribution in [3.05, 3.63) is 0 Å². The lowest BCUT2D eigenvalue weighted by Crippen LogP contribution is -2.52. The molecule has 1 atom stereocenters. The molecular weight excluding hydrogens is 236 g/mol. The van der Waals surface area contributed by atoms with Crippen molar-refractivity contribution in [1.29, 1.82) is 0 Å². The van der Waals surface area contributed by atoms with Crippen molar-refractivity contribution in [3.63, 3.8) is 0 Å². The zero-order chi connectivity index (χ0) is 13.5. The van der Waals surface area contributed by atoms with Crippen LogP contribution in [0.4, 0.5) is 4.79 Å². The second-order valence-electron chi connectivity index (χ2n) is 7.55. The van der Waals surface area contributed by atoms with Crippen molar-refractivity contribution < 1.29 is 4.79 Å². The smallest absolute Gasteiger partial charge is 0.315 e. The van der Waals surface area contributed by atoms with Gasteiger partial charge in [0.15, 0.2) is 0 Å². The highest BCUT2D eigenvalue weighted by atomic mass is 16.2. The molecule has 0 aliphatic heterocycles. The molecule has 0 spiro atoms. The second kappa shape index (κ2) is 4.99. The molecular formula is C16H28N2O. The number of carbonyl (C=O) groups excluding carboxylic acids is 1. The van der Waals surface area contributed by atoms with Crippen LogP contribution in [0.3, 0.4) is 0 Å². The predicted molar refractivity (Wildman–Crippen MR) is 76.9 cm³/mol. The van der Waals surface area contributed by atoms with Gasteiger partial charge in [0, 0.05) is 12.6 Å². The van der Waals surface area contributed by atoms with Crippen LogP contribution in [0.2, 0.25) is 0 Å². The first-order chi connectivity index (χ1) is 9.08. The summed E-state index contributed by atoms with van der Waals surface area (Å²) in [6, 6.07) is 0.307. The van der Waals surface area contributed by atoms with Crippen LogP contribution in [0.25, 0.3) is 0 Å². The number of carbonyl (C=O) groups is 1. The number of hydrogen-bond donors (Lipinski definition) is 2. The quantitative estimate of drug-likeness (QED) is 0.803. The second-order valence-corrected chi connectivity index (χ2v) is 7.55. The molecule has 4 fully saturated rings. The van der Waals surface area contributed by atoms with E-state index in [1.165, 1.54) is 38.5 Å². The van der Waals surface area contributed by atoms with E-state index in [-0.39, 0.29) is 12.1 Å². The van der Waals surface area contributed by atoms with Crippen LogP contribution in [0.5, 0.6) is 0 Å². The lowest BCUT2D eigenvalue weighted by atomic mass is 9.49. The molecule has 0 aromatic heterocycles. The van der Waals surface area contributed by atoms with E-state index in [1.807, 2.05) is 0 Å². The molecule has 0 unspecified atom stereocenters. The Labute approximate surface area is 116 Å². The number of urea groups is 1. The molecule has 0 heterocycles. The van der Waals surface area contributed by atoms with Gasteiger partial charge in [-0.2, -0.15) is 0 Å². The van der Waals surface area contributed by atoms with Crippen LogP contribution >= 0.6 is 0 Å².